The van der Waals surface area contributed by atoms with E-state index in [9.17, 15) is 14.0 Å². The molecule has 6 heteroatoms. The van der Waals surface area contributed by atoms with Gasteiger partial charge < -0.3 is 5.32 Å². The van der Waals surface area contributed by atoms with Crippen molar-refractivity contribution in [2.75, 3.05) is 0 Å². The minimum absolute atomic E-state index is 0.140. The first-order valence-electron chi connectivity index (χ1n) is 9.38. The van der Waals surface area contributed by atoms with Crippen molar-refractivity contribution in [3.05, 3.63) is 76.1 Å². The normalized spacial score (nSPS) is 12.3. The van der Waals surface area contributed by atoms with Gasteiger partial charge in [-0.3, -0.25) is 14.2 Å². The Balaban J connectivity index is 1.74. The van der Waals surface area contributed by atoms with Crippen molar-refractivity contribution in [3.63, 3.8) is 0 Å². The summed E-state index contributed by atoms with van der Waals surface area (Å²) in [6, 6.07) is 13.1. The summed E-state index contributed by atoms with van der Waals surface area (Å²) in [5, 5.41) is 3.54. The molecule has 2 aromatic carbocycles. The molecular formula is C22H24FN3O2. The zero-order chi connectivity index (χ0) is 20.3. The van der Waals surface area contributed by atoms with Crippen molar-refractivity contribution in [2.45, 2.75) is 39.8 Å². The molecule has 28 heavy (non-hydrogen) atoms. The third-order valence-electron chi connectivity index (χ3n) is 4.83. The lowest BCUT2D eigenvalue weighted by Gasteiger charge is -2.23. The standard InChI is InChI=1S/C22H24FN3O2/c1-14(2)21(16-8-10-17(23)11-9-16)25-20(27)12-13-26-15(3)24-19-7-5-4-6-18(19)22(26)28/h4-11,14,21H,12-13H2,1-3H3,(H,25,27)/t21-/m0/s1. The first kappa shape index (κ1) is 19.7. The van der Waals surface area contributed by atoms with Crippen molar-refractivity contribution in [2.24, 2.45) is 5.92 Å². The number of carbonyl (C=O) groups excluding carboxylic acids is 1. The van der Waals surface area contributed by atoms with Gasteiger partial charge in [0.05, 0.1) is 16.9 Å². The van der Waals surface area contributed by atoms with Gasteiger partial charge in [-0.15, -0.1) is 0 Å². The van der Waals surface area contributed by atoms with E-state index in [1.54, 1.807) is 37.3 Å². The van der Waals surface area contributed by atoms with Crippen molar-refractivity contribution in [1.29, 1.82) is 0 Å². The smallest absolute Gasteiger partial charge is 0.261 e. The highest BCUT2D eigenvalue weighted by Crippen LogP contribution is 2.22. The van der Waals surface area contributed by atoms with E-state index in [0.717, 1.165) is 5.56 Å². The highest BCUT2D eigenvalue weighted by molar-refractivity contribution is 5.78. The molecule has 0 aliphatic heterocycles. The fraction of sp³-hybridized carbons (Fsp3) is 0.318. The van der Waals surface area contributed by atoms with Crippen LogP contribution < -0.4 is 10.9 Å². The number of carbonyl (C=O) groups is 1. The molecule has 0 saturated heterocycles. The van der Waals surface area contributed by atoms with Crippen LogP contribution in [0.1, 0.15) is 37.7 Å². The zero-order valence-corrected chi connectivity index (χ0v) is 16.3. The molecule has 1 aromatic heterocycles. The molecule has 1 N–H and O–H groups in total. The Morgan fingerprint density at radius 3 is 2.50 bits per heavy atom. The molecule has 0 saturated carbocycles. The van der Waals surface area contributed by atoms with Crippen LogP contribution in [0.2, 0.25) is 0 Å². The molecule has 0 unspecified atom stereocenters. The van der Waals surface area contributed by atoms with E-state index < -0.39 is 0 Å². The molecule has 0 aliphatic carbocycles. The molecule has 0 radical (unpaired) electrons. The average Bonchev–Trinajstić information content (AvgIpc) is 2.66. The van der Waals surface area contributed by atoms with Crippen LogP contribution in [-0.2, 0) is 11.3 Å². The van der Waals surface area contributed by atoms with Gasteiger partial charge in [-0.25, -0.2) is 9.37 Å². The first-order chi connectivity index (χ1) is 13.4. The van der Waals surface area contributed by atoms with E-state index in [1.165, 1.54) is 16.7 Å². The van der Waals surface area contributed by atoms with Crippen LogP contribution in [0.5, 0.6) is 0 Å². The van der Waals surface area contributed by atoms with Gasteiger partial charge >= 0.3 is 0 Å². The SMILES string of the molecule is Cc1nc2ccccc2c(=O)n1CCC(=O)N[C@H](c1ccc(F)cc1)C(C)C. The number of hydrogen-bond donors (Lipinski definition) is 1. The highest BCUT2D eigenvalue weighted by atomic mass is 19.1. The predicted octanol–water partition coefficient (Wildman–Crippen LogP) is 3.75. The summed E-state index contributed by atoms with van der Waals surface area (Å²) in [7, 11) is 0. The van der Waals surface area contributed by atoms with Crippen LogP contribution in [0, 0.1) is 18.7 Å². The number of para-hydroxylation sites is 1. The Kier molecular flexibility index (Phi) is 5.87. The summed E-state index contributed by atoms with van der Waals surface area (Å²) in [5.74, 6) is 0.246. The molecule has 0 aliphatic rings. The molecule has 1 amide bonds. The molecule has 5 nitrogen and oxygen atoms in total. The molecular weight excluding hydrogens is 357 g/mol. The minimum atomic E-state index is -0.309. The summed E-state index contributed by atoms with van der Waals surface area (Å²) < 4.78 is 14.7. The number of nitrogens with zero attached hydrogens (tertiary/aromatic N) is 2. The quantitative estimate of drug-likeness (QED) is 0.707. The number of rotatable bonds is 6. The molecule has 0 bridgehead atoms. The number of amides is 1. The Morgan fingerprint density at radius 1 is 1.14 bits per heavy atom. The Morgan fingerprint density at radius 2 is 1.82 bits per heavy atom. The van der Waals surface area contributed by atoms with Crippen molar-refractivity contribution in [3.8, 4) is 0 Å². The summed E-state index contributed by atoms with van der Waals surface area (Å²) in [6.07, 6.45) is 0.158. The van der Waals surface area contributed by atoms with Crippen LogP contribution in [0.15, 0.2) is 53.3 Å². The molecule has 0 fully saturated rings. The molecule has 146 valence electrons. The van der Waals surface area contributed by atoms with E-state index in [0.29, 0.717) is 16.7 Å². The summed E-state index contributed by atoms with van der Waals surface area (Å²) >= 11 is 0. The van der Waals surface area contributed by atoms with Crippen LogP contribution in [0.25, 0.3) is 10.9 Å². The number of halogens is 1. The van der Waals surface area contributed by atoms with Crippen LogP contribution in [-0.4, -0.2) is 15.5 Å². The highest BCUT2D eigenvalue weighted by Gasteiger charge is 2.19. The van der Waals surface area contributed by atoms with Gasteiger partial charge in [-0.2, -0.15) is 0 Å². The van der Waals surface area contributed by atoms with E-state index >= 15 is 0 Å². The van der Waals surface area contributed by atoms with E-state index in [-0.39, 0.29) is 42.2 Å². The first-order valence-corrected chi connectivity index (χ1v) is 9.38. The number of nitrogens with one attached hydrogen (secondary N) is 1. The maximum Gasteiger partial charge on any atom is 0.261 e. The largest absolute Gasteiger partial charge is 0.349 e. The van der Waals surface area contributed by atoms with Crippen LogP contribution in [0.3, 0.4) is 0 Å². The fourth-order valence-electron chi connectivity index (χ4n) is 3.31. The molecule has 1 heterocycles. The number of aromatic nitrogens is 2. The topological polar surface area (TPSA) is 64.0 Å². The molecule has 3 rings (SSSR count). The second kappa shape index (κ2) is 8.33. The monoisotopic (exact) mass is 381 g/mol. The fourth-order valence-corrected chi connectivity index (χ4v) is 3.31. The van der Waals surface area contributed by atoms with E-state index in [4.69, 9.17) is 0 Å². The van der Waals surface area contributed by atoms with Gasteiger partial charge in [0.15, 0.2) is 0 Å². The molecule has 3 aromatic rings. The maximum atomic E-state index is 13.2. The van der Waals surface area contributed by atoms with Gasteiger partial charge in [0, 0.05) is 13.0 Å². The van der Waals surface area contributed by atoms with Gasteiger partial charge in [-0.1, -0.05) is 38.1 Å². The van der Waals surface area contributed by atoms with Gasteiger partial charge in [0.25, 0.3) is 5.56 Å². The third-order valence-corrected chi connectivity index (χ3v) is 4.83. The summed E-state index contributed by atoms with van der Waals surface area (Å²) in [4.78, 5) is 29.7. The van der Waals surface area contributed by atoms with E-state index in [2.05, 4.69) is 10.3 Å². The number of benzene rings is 2. The number of fused-ring (bicyclic) bond motifs is 1. The Labute approximate surface area is 163 Å². The van der Waals surface area contributed by atoms with Crippen molar-refractivity contribution >= 4 is 16.8 Å². The predicted molar refractivity (Wildman–Crippen MR) is 107 cm³/mol. The maximum absolute atomic E-state index is 13.2. The summed E-state index contributed by atoms with van der Waals surface area (Å²) in [6.45, 7) is 6.01. The molecule has 0 spiro atoms. The zero-order valence-electron chi connectivity index (χ0n) is 16.3. The second-order valence-electron chi connectivity index (χ2n) is 7.22. The Bertz CT molecular complexity index is 1040. The number of aryl methyl sites for hydroxylation is 1. The lowest BCUT2D eigenvalue weighted by molar-refractivity contribution is -0.122. The Hall–Kier alpha value is -3.02. The van der Waals surface area contributed by atoms with Crippen molar-refractivity contribution in [1.82, 2.24) is 14.9 Å². The number of hydrogen-bond acceptors (Lipinski definition) is 3. The lowest BCUT2D eigenvalue weighted by Crippen LogP contribution is -2.33. The van der Waals surface area contributed by atoms with Gasteiger partial charge in [-0.05, 0) is 42.7 Å². The molecule has 1 atom stereocenters. The van der Waals surface area contributed by atoms with Gasteiger partial charge in [0.1, 0.15) is 11.6 Å². The lowest BCUT2D eigenvalue weighted by atomic mass is 9.96. The van der Waals surface area contributed by atoms with Crippen LogP contribution in [0.4, 0.5) is 4.39 Å². The van der Waals surface area contributed by atoms with E-state index in [1.807, 2.05) is 19.9 Å². The second-order valence-corrected chi connectivity index (χ2v) is 7.22. The third kappa shape index (κ3) is 4.27. The van der Waals surface area contributed by atoms with Gasteiger partial charge in [0.2, 0.25) is 5.91 Å². The average molecular weight is 381 g/mol. The minimum Gasteiger partial charge on any atom is -0.349 e. The summed E-state index contributed by atoms with van der Waals surface area (Å²) in [5.41, 5.74) is 1.36. The van der Waals surface area contributed by atoms with Crippen LogP contribution >= 0.6 is 0 Å². The van der Waals surface area contributed by atoms with Crippen molar-refractivity contribution < 1.29 is 9.18 Å².